The molecule has 0 saturated carbocycles. The van der Waals surface area contributed by atoms with Crippen LogP contribution >= 0.6 is 0 Å². The Balaban J connectivity index is 1.91. The van der Waals surface area contributed by atoms with Crippen molar-refractivity contribution in [2.24, 2.45) is 0 Å². The maximum atomic E-state index is 12.5. The molecule has 1 N–H and O–H groups in total. The van der Waals surface area contributed by atoms with E-state index in [9.17, 15) is 4.79 Å². The van der Waals surface area contributed by atoms with Crippen LogP contribution in [0.25, 0.3) is 0 Å². The second-order valence-electron chi connectivity index (χ2n) is 4.89. The number of methoxy groups -OCH3 is 1. The molecule has 1 atom stereocenters. The van der Waals surface area contributed by atoms with Gasteiger partial charge in [-0.05, 0) is 18.9 Å². The third-order valence-corrected chi connectivity index (χ3v) is 3.76. The average Bonchev–Trinajstić information content (AvgIpc) is 3.17. The monoisotopic (exact) mass is 271 g/mol. The fourth-order valence-electron chi connectivity index (χ4n) is 2.81. The van der Waals surface area contributed by atoms with Crippen molar-refractivity contribution in [3.63, 3.8) is 0 Å². The van der Waals surface area contributed by atoms with Crippen LogP contribution in [-0.2, 0) is 0 Å². The summed E-state index contributed by atoms with van der Waals surface area (Å²) >= 11 is 0. The van der Waals surface area contributed by atoms with Crippen molar-refractivity contribution in [3.8, 4) is 5.75 Å². The molecule has 1 amide bonds. The highest BCUT2D eigenvalue weighted by Crippen LogP contribution is 2.37. The van der Waals surface area contributed by atoms with Gasteiger partial charge in [0.2, 0.25) is 0 Å². The number of aromatic nitrogens is 2. The molecule has 2 heterocycles. The molecule has 1 aromatic carbocycles. The number of rotatable bonds is 3. The Kier molecular flexibility index (Phi) is 3.41. The summed E-state index contributed by atoms with van der Waals surface area (Å²) in [6.45, 7) is 0.771. The average molecular weight is 271 g/mol. The zero-order valence-electron chi connectivity index (χ0n) is 11.4. The maximum absolute atomic E-state index is 12.5. The largest absolute Gasteiger partial charge is 0.496 e. The Labute approximate surface area is 117 Å². The van der Waals surface area contributed by atoms with Crippen molar-refractivity contribution in [1.29, 1.82) is 0 Å². The van der Waals surface area contributed by atoms with Gasteiger partial charge in [0.05, 0.1) is 24.9 Å². The minimum atomic E-state index is 0.0205. The molecule has 1 saturated heterocycles. The molecule has 0 unspecified atom stereocenters. The van der Waals surface area contributed by atoms with E-state index in [0.29, 0.717) is 5.56 Å². The summed E-state index contributed by atoms with van der Waals surface area (Å²) in [5.74, 6) is 0.858. The van der Waals surface area contributed by atoms with Crippen LogP contribution in [0.3, 0.4) is 0 Å². The normalized spacial score (nSPS) is 18.2. The van der Waals surface area contributed by atoms with Crippen molar-refractivity contribution >= 4 is 5.91 Å². The van der Waals surface area contributed by atoms with E-state index in [-0.39, 0.29) is 11.9 Å². The summed E-state index contributed by atoms with van der Waals surface area (Å²) in [4.78, 5) is 14.4. The maximum Gasteiger partial charge on any atom is 0.257 e. The van der Waals surface area contributed by atoms with Crippen LogP contribution in [0, 0.1) is 0 Å². The van der Waals surface area contributed by atoms with Gasteiger partial charge in [-0.3, -0.25) is 9.89 Å². The molecule has 1 aromatic heterocycles. The van der Waals surface area contributed by atoms with Gasteiger partial charge in [-0.15, -0.1) is 0 Å². The van der Waals surface area contributed by atoms with Crippen LogP contribution in [0.5, 0.6) is 5.75 Å². The molecular weight excluding hydrogens is 254 g/mol. The Bertz CT molecular complexity index is 595. The molecule has 0 aliphatic carbocycles. The third-order valence-electron chi connectivity index (χ3n) is 3.76. The van der Waals surface area contributed by atoms with E-state index in [1.54, 1.807) is 19.5 Å². The third kappa shape index (κ3) is 2.15. The first-order valence-electron chi connectivity index (χ1n) is 6.74. The fraction of sp³-hybridized carbons (Fsp3) is 0.333. The summed E-state index contributed by atoms with van der Waals surface area (Å²) in [5.41, 5.74) is 1.68. The number of para-hydroxylation sites is 1. The van der Waals surface area contributed by atoms with E-state index in [0.717, 1.165) is 30.7 Å². The van der Waals surface area contributed by atoms with Crippen LogP contribution in [0.1, 0.15) is 34.8 Å². The van der Waals surface area contributed by atoms with Gasteiger partial charge in [0.25, 0.3) is 5.91 Å². The lowest BCUT2D eigenvalue weighted by molar-refractivity contribution is 0.0734. The fourth-order valence-corrected chi connectivity index (χ4v) is 2.81. The number of likely N-dealkylation sites (tertiary alicyclic amines) is 1. The van der Waals surface area contributed by atoms with Crippen molar-refractivity contribution < 1.29 is 9.53 Å². The minimum Gasteiger partial charge on any atom is -0.496 e. The first-order valence-corrected chi connectivity index (χ1v) is 6.74. The SMILES string of the molecule is COc1ccccc1[C@H]1CCCN1C(=O)c1cn[nH]c1. The van der Waals surface area contributed by atoms with Gasteiger partial charge < -0.3 is 9.64 Å². The highest BCUT2D eigenvalue weighted by molar-refractivity contribution is 5.94. The van der Waals surface area contributed by atoms with Crippen molar-refractivity contribution in [1.82, 2.24) is 15.1 Å². The Morgan fingerprint density at radius 1 is 1.45 bits per heavy atom. The van der Waals surface area contributed by atoms with Gasteiger partial charge in [0.1, 0.15) is 5.75 Å². The topological polar surface area (TPSA) is 58.2 Å². The summed E-state index contributed by atoms with van der Waals surface area (Å²) in [7, 11) is 1.66. The Hall–Kier alpha value is -2.30. The van der Waals surface area contributed by atoms with E-state index in [4.69, 9.17) is 4.74 Å². The summed E-state index contributed by atoms with van der Waals surface area (Å²) < 4.78 is 5.42. The first kappa shape index (κ1) is 12.7. The van der Waals surface area contributed by atoms with Crippen LogP contribution in [0.2, 0.25) is 0 Å². The molecule has 1 aliphatic heterocycles. The van der Waals surface area contributed by atoms with Gasteiger partial charge in [-0.2, -0.15) is 5.10 Å². The quantitative estimate of drug-likeness (QED) is 0.932. The number of carbonyl (C=O) groups excluding carboxylic acids is 1. The molecule has 0 bridgehead atoms. The number of amides is 1. The minimum absolute atomic E-state index is 0.0205. The van der Waals surface area contributed by atoms with Gasteiger partial charge in [0.15, 0.2) is 0 Å². The molecule has 20 heavy (non-hydrogen) atoms. The van der Waals surface area contributed by atoms with E-state index in [1.807, 2.05) is 29.2 Å². The van der Waals surface area contributed by atoms with Gasteiger partial charge in [-0.25, -0.2) is 0 Å². The summed E-state index contributed by atoms with van der Waals surface area (Å²) in [6.07, 6.45) is 5.18. The molecule has 104 valence electrons. The number of hydrogen-bond acceptors (Lipinski definition) is 3. The van der Waals surface area contributed by atoms with Gasteiger partial charge in [-0.1, -0.05) is 18.2 Å². The zero-order chi connectivity index (χ0) is 13.9. The Morgan fingerprint density at radius 2 is 2.30 bits per heavy atom. The highest BCUT2D eigenvalue weighted by Gasteiger charge is 2.32. The molecule has 1 fully saturated rings. The highest BCUT2D eigenvalue weighted by atomic mass is 16.5. The van der Waals surface area contributed by atoms with E-state index >= 15 is 0 Å². The molecular formula is C15H17N3O2. The number of hydrogen-bond donors (Lipinski definition) is 1. The van der Waals surface area contributed by atoms with E-state index in [2.05, 4.69) is 10.2 Å². The number of H-pyrrole nitrogens is 1. The van der Waals surface area contributed by atoms with Gasteiger partial charge >= 0.3 is 0 Å². The smallest absolute Gasteiger partial charge is 0.257 e. The molecule has 5 heteroatoms. The lowest BCUT2D eigenvalue weighted by Gasteiger charge is -2.25. The number of benzene rings is 1. The van der Waals surface area contributed by atoms with E-state index < -0.39 is 0 Å². The number of carbonyl (C=O) groups is 1. The number of nitrogens with zero attached hydrogens (tertiary/aromatic N) is 2. The predicted octanol–water partition coefficient (Wildman–Crippen LogP) is 2.40. The van der Waals surface area contributed by atoms with Crippen molar-refractivity contribution in [2.45, 2.75) is 18.9 Å². The van der Waals surface area contributed by atoms with Crippen LogP contribution in [0.4, 0.5) is 0 Å². The summed E-state index contributed by atoms with van der Waals surface area (Å²) in [5, 5.41) is 6.54. The number of aromatic amines is 1. The van der Waals surface area contributed by atoms with Crippen LogP contribution in [0.15, 0.2) is 36.7 Å². The van der Waals surface area contributed by atoms with Crippen molar-refractivity contribution in [3.05, 3.63) is 47.8 Å². The molecule has 3 rings (SSSR count). The van der Waals surface area contributed by atoms with Crippen LogP contribution < -0.4 is 4.74 Å². The van der Waals surface area contributed by atoms with Crippen LogP contribution in [-0.4, -0.2) is 34.7 Å². The molecule has 5 nitrogen and oxygen atoms in total. The number of nitrogens with one attached hydrogen (secondary N) is 1. The number of ether oxygens (including phenoxy) is 1. The lowest BCUT2D eigenvalue weighted by atomic mass is 10.0. The Morgan fingerprint density at radius 3 is 3.05 bits per heavy atom. The second kappa shape index (κ2) is 5.36. The predicted molar refractivity (Wildman–Crippen MR) is 74.6 cm³/mol. The summed E-state index contributed by atoms with van der Waals surface area (Å²) in [6, 6.07) is 7.98. The molecule has 2 aromatic rings. The lowest BCUT2D eigenvalue weighted by Crippen LogP contribution is -2.30. The van der Waals surface area contributed by atoms with Crippen molar-refractivity contribution in [2.75, 3.05) is 13.7 Å². The molecule has 0 radical (unpaired) electrons. The molecule has 1 aliphatic rings. The first-order chi connectivity index (χ1) is 9.81. The standard InChI is InChI=1S/C15H17N3O2/c1-20-14-7-3-2-5-12(14)13-6-4-8-18(13)15(19)11-9-16-17-10-11/h2-3,5,7,9-10,13H,4,6,8H2,1H3,(H,16,17)/t13-/m1/s1. The second-order valence-corrected chi connectivity index (χ2v) is 4.89. The zero-order valence-corrected chi connectivity index (χ0v) is 11.4. The van der Waals surface area contributed by atoms with Gasteiger partial charge in [0, 0.05) is 18.3 Å². The van der Waals surface area contributed by atoms with E-state index in [1.165, 1.54) is 0 Å². The molecule has 0 spiro atoms.